The Morgan fingerprint density at radius 2 is 2.18 bits per heavy atom. The molecule has 0 saturated carbocycles. The Labute approximate surface area is 134 Å². The summed E-state index contributed by atoms with van der Waals surface area (Å²) in [7, 11) is 0. The third-order valence-corrected chi connectivity index (χ3v) is 6.35. The van der Waals surface area contributed by atoms with Gasteiger partial charge in [0.1, 0.15) is 5.69 Å². The van der Waals surface area contributed by atoms with Gasteiger partial charge in [0.2, 0.25) is 0 Å². The molecule has 1 amide bonds. The number of carbonyl (C=O) groups is 1. The Kier molecular flexibility index (Phi) is 3.42. The van der Waals surface area contributed by atoms with Crippen molar-refractivity contribution in [3.8, 4) is 0 Å². The minimum atomic E-state index is -0.0261. The quantitative estimate of drug-likeness (QED) is 0.927. The van der Waals surface area contributed by atoms with Gasteiger partial charge in [-0.25, -0.2) is 4.98 Å². The molecule has 22 heavy (non-hydrogen) atoms. The number of nitrogens with one attached hydrogen (secondary N) is 1. The molecule has 2 atom stereocenters. The second kappa shape index (κ2) is 5.32. The molecule has 0 spiro atoms. The first kappa shape index (κ1) is 14.2. The normalized spacial score (nSPS) is 30.6. The number of aryl methyl sites for hydroxylation is 1. The number of hydrogen-bond donors (Lipinski definition) is 1. The first-order chi connectivity index (χ1) is 10.6. The molecule has 5 heterocycles. The Bertz CT molecular complexity index is 716. The van der Waals surface area contributed by atoms with E-state index >= 15 is 0 Å². The van der Waals surface area contributed by atoms with E-state index in [0.29, 0.717) is 17.7 Å². The number of piperidine rings is 3. The molecule has 5 rings (SSSR count). The van der Waals surface area contributed by atoms with E-state index in [4.69, 9.17) is 0 Å². The molecule has 116 valence electrons. The molecule has 3 aliphatic rings. The van der Waals surface area contributed by atoms with Crippen LogP contribution < -0.4 is 5.32 Å². The van der Waals surface area contributed by atoms with Crippen molar-refractivity contribution in [1.29, 1.82) is 0 Å². The molecule has 1 N–H and O–H groups in total. The van der Waals surface area contributed by atoms with Crippen LogP contribution in [0.15, 0.2) is 17.5 Å². The number of hydrogen-bond acceptors (Lipinski definition) is 4. The van der Waals surface area contributed by atoms with Crippen LogP contribution in [-0.2, 0) is 0 Å². The Hall–Kier alpha value is -1.46. The molecule has 3 saturated heterocycles. The van der Waals surface area contributed by atoms with Gasteiger partial charge in [-0.05, 0) is 68.6 Å². The molecule has 0 unspecified atom stereocenters. The molecule has 0 aliphatic carbocycles. The maximum Gasteiger partial charge on any atom is 0.270 e. The molecule has 5 heteroatoms. The summed E-state index contributed by atoms with van der Waals surface area (Å²) >= 11 is 1.68. The maximum absolute atomic E-state index is 12.7. The van der Waals surface area contributed by atoms with Crippen molar-refractivity contribution in [3.63, 3.8) is 0 Å². The third-order valence-electron chi connectivity index (χ3n) is 5.31. The van der Waals surface area contributed by atoms with Crippen LogP contribution in [0.1, 0.15) is 35.9 Å². The van der Waals surface area contributed by atoms with Crippen molar-refractivity contribution in [2.45, 2.75) is 38.8 Å². The van der Waals surface area contributed by atoms with Gasteiger partial charge in [0, 0.05) is 12.1 Å². The van der Waals surface area contributed by atoms with Gasteiger partial charge < -0.3 is 5.32 Å². The lowest BCUT2D eigenvalue weighted by molar-refractivity contribution is 0.0216. The zero-order chi connectivity index (χ0) is 15.3. The molecular formula is C17H21N3OS. The van der Waals surface area contributed by atoms with Gasteiger partial charge in [-0.3, -0.25) is 9.69 Å². The number of aromatic nitrogens is 1. The van der Waals surface area contributed by atoms with E-state index in [2.05, 4.69) is 33.6 Å². The fraction of sp³-hybridized carbons (Fsp3) is 0.529. The average molecular weight is 315 g/mol. The van der Waals surface area contributed by atoms with E-state index in [9.17, 15) is 4.79 Å². The summed E-state index contributed by atoms with van der Waals surface area (Å²) in [5.41, 5.74) is 1.49. The molecule has 4 nitrogen and oxygen atoms in total. The van der Waals surface area contributed by atoms with E-state index in [1.54, 1.807) is 11.3 Å². The standard InChI is InChI=1S/C17H21N3OS/c1-10-16-13(5-8-22-16)9-14(18-10)17(21)19-15-11(2)20-6-3-12(15)4-7-20/h5,8-9,11-12,15H,3-4,6-7H2,1-2H3,(H,19,21)/t11-,15-/m0/s1. The largest absolute Gasteiger partial charge is 0.346 e. The number of rotatable bonds is 2. The highest BCUT2D eigenvalue weighted by Crippen LogP contribution is 2.32. The van der Waals surface area contributed by atoms with Crippen LogP contribution in [-0.4, -0.2) is 41.0 Å². The van der Waals surface area contributed by atoms with Crippen LogP contribution in [0, 0.1) is 12.8 Å². The zero-order valence-electron chi connectivity index (χ0n) is 13.0. The second-order valence-corrected chi connectivity index (χ2v) is 7.46. The predicted octanol–water partition coefficient (Wildman–Crippen LogP) is 2.82. The van der Waals surface area contributed by atoms with Crippen LogP contribution in [0.4, 0.5) is 0 Å². The lowest BCUT2D eigenvalue weighted by Gasteiger charge is -2.49. The van der Waals surface area contributed by atoms with Crippen molar-refractivity contribution < 1.29 is 4.79 Å². The number of pyridine rings is 1. The van der Waals surface area contributed by atoms with E-state index in [0.717, 1.165) is 11.1 Å². The molecule has 0 aromatic carbocycles. The van der Waals surface area contributed by atoms with Crippen molar-refractivity contribution >= 4 is 27.3 Å². The Morgan fingerprint density at radius 1 is 1.41 bits per heavy atom. The molecule has 2 bridgehead atoms. The van der Waals surface area contributed by atoms with Gasteiger partial charge in [0.05, 0.1) is 10.4 Å². The zero-order valence-corrected chi connectivity index (χ0v) is 13.8. The lowest BCUT2D eigenvalue weighted by atomic mass is 9.79. The van der Waals surface area contributed by atoms with Crippen LogP contribution >= 0.6 is 11.3 Å². The first-order valence-electron chi connectivity index (χ1n) is 8.03. The molecule has 0 radical (unpaired) electrons. The van der Waals surface area contributed by atoms with E-state index < -0.39 is 0 Å². The summed E-state index contributed by atoms with van der Waals surface area (Å²) in [5.74, 6) is 0.594. The Balaban J connectivity index is 1.58. The average Bonchev–Trinajstić information content (AvgIpc) is 3.00. The van der Waals surface area contributed by atoms with Crippen molar-refractivity contribution in [2.24, 2.45) is 5.92 Å². The minimum Gasteiger partial charge on any atom is -0.346 e. The van der Waals surface area contributed by atoms with Crippen molar-refractivity contribution in [1.82, 2.24) is 15.2 Å². The number of carbonyl (C=O) groups excluding carboxylic acids is 1. The van der Waals surface area contributed by atoms with E-state index in [-0.39, 0.29) is 11.9 Å². The highest BCUT2D eigenvalue weighted by Gasteiger charge is 2.40. The van der Waals surface area contributed by atoms with E-state index in [1.807, 2.05) is 13.0 Å². The molecule has 3 aliphatic heterocycles. The van der Waals surface area contributed by atoms with Crippen LogP contribution in [0.3, 0.4) is 0 Å². The smallest absolute Gasteiger partial charge is 0.270 e. The molecule has 3 fully saturated rings. The molecule has 2 aromatic rings. The van der Waals surface area contributed by atoms with Gasteiger partial charge in [0.25, 0.3) is 5.91 Å². The second-order valence-electron chi connectivity index (χ2n) is 6.55. The van der Waals surface area contributed by atoms with Crippen molar-refractivity contribution in [2.75, 3.05) is 13.1 Å². The Morgan fingerprint density at radius 3 is 2.91 bits per heavy atom. The van der Waals surface area contributed by atoms with E-state index in [1.165, 1.54) is 30.6 Å². The fourth-order valence-electron chi connectivity index (χ4n) is 4.02. The summed E-state index contributed by atoms with van der Waals surface area (Å²) in [6, 6.07) is 4.67. The molecule has 2 aromatic heterocycles. The summed E-state index contributed by atoms with van der Waals surface area (Å²) in [5, 5.41) is 6.43. The van der Waals surface area contributed by atoms with Crippen LogP contribution in [0.25, 0.3) is 10.1 Å². The van der Waals surface area contributed by atoms with Crippen LogP contribution in [0.2, 0.25) is 0 Å². The first-order valence-corrected chi connectivity index (χ1v) is 8.91. The summed E-state index contributed by atoms with van der Waals surface area (Å²) in [4.78, 5) is 19.7. The fourth-order valence-corrected chi connectivity index (χ4v) is 4.85. The maximum atomic E-state index is 12.7. The number of fused-ring (bicyclic) bond motifs is 4. The molecular weight excluding hydrogens is 294 g/mol. The number of thiophene rings is 1. The van der Waals surface area contributed by atoms with Crippen molar-refractivity contribution in [3.05, 3.63) is 28.9 Å². The third kappa shape index (κ3) is 2.23. The highest BCUT2D eigenvalue weighted by molar-refractivity contribution is 7.17. The summed E-state index contributed by atoms with van der Waals surface area (Å²) in [6.45, 7) is 6.57. The monoisotopic (exact) mass is 315 g/mol. The number of nitrogens with zero attached hydrogens (tertiary/aromatic N) is 2. The van der Waals surface area contributed by atoms with Gasteiger partial charge in [-0.15, -0.1) is 11.3 Å². The van der Waals surface area contributed by atoms with Gasteiger partial charge in [-0.1, -0.05) is 0 Å². The summed E-state index contributed by atoms with van der Waals surface area (Å²) in [6.07, 6.45) is 2.40. The lowest BCUT2D eigenvalue weighted by Crippen LogP contribution is -2.62. The predicted molar refractivity (Wildman–Crippen MR) is 89.4 cm³/mol. The van der Waals surface area contributed by atoms with Crippen LogP contribution in [0.5, 0.6) is 0 Å². The SMILES string of the molecule is Cc1nc(C(=O)N[C@@H]2C3CCN(CC3)[C@H]2C)cc2ccsc12. The van der Waals surface area contributed by atoms with Gasteiger partial charge >= 0.3 is 0 Å². The van der Waals surface area contributed by atoms with Gasteiger partial charge in [0.15, 0.2) is 0 Å². The van der Waals surface area contributed by atoms with Gasteiger partial charge in [-0.2, -0.15) is 0 Å². The highest BCUT2D eigenvalue weighted by atomic mass is 32.1. The topological polar surface area (TPSA) is 45.2 Å². The minimum absolute atomic E-state index is 0.0261. The summed E-state index contributed by atoms with van der Waals surface area (Å²) < 4.78 is 1.17. The number of amides is 1.